The highest BCUT2D eigenvalue weighted by Gasteiger charge is 2.37. The zero-order chi connectivity index (χ0) is 10.1. The number of hydrogen-bond acceptors (Lipinski definition) is 4. The van der Waals surface area contributed by atoms with E-state index in [1.54, 1.807) is 14.0 Å². The number of rotatable bonds is 2. The average molecular weight is 195 g/mol. The van der Waals surface area contributed by atoms with Crippen LogP contribution in [0, 0.1) is 0 Å². The fraction of sp³-hybridized carbons (Fsp3) is 0.667. The molecule has 1 rings (SSSR count). The van der Waals surface area contributed by atoms with Crippen molar-refractivity contribution in [3.8, 4) is 0 Å². The third-order valence-electron chi connectivity index (χ3n) is 1.50. The van der Waals surface area contributed by atoms with Crippen LogP contribution < -0.4 is 5.32 Å². The van der Waals surface area contributed by atoms with E-state index in [4.69, 9.17) is 0 Å². The van der Waals surface area contributed by atoms with Gasteiger partial charge in [0, 0.05) is 0 Å². The molecule has 0 aromatic carbocycles. The first-order chi connectivity index (χ1) is 5.95. The van der Waals surface area contributed by atoms with Crippen molar-refractivity contribution in [3.63, 3.8) is 0 Å². The summed E-state index contributed by atoms with van der Waals surface area (Å²) in [5.41, 5.74) is 0. The highest BCUT2D eigenvalue weighted by molar-refractivity contribution is 4.94. The lowest BCUT2D eigenvalue weighted by Gasteiger charge is -2.01. The average Bonchev–Trinajstić information content (AvgIpc) is 2.50. The van der Waals surface area contributed by atoms with Crippen molar-refractivity contribution in [1.82, 2.24) is 15.5 Å². The summed E-state index contributed by atoms with van der Waals surface area (Å²) in [6, 6.07) is -0.386. The Balaban J connectivity index is 2.87. The van der Waals surface area contributed by atoms with E-state index < -0.39 is 12.0 Å². The lowest BCUT2D eigenvalue weighted by molar-refractivity contribution is -0.146. The second-order valence-electron chi connectivity index (χ2n) is 2.46. The van der Waals surface area contributed by atoms with Crippen molar-refractivity contribution in [3.05, 3.63) is 11.7 Å². The quantitative estimate of drug-likeness (QED) is 0.774. The summed E-state index contributed by atoms with van der Waals surface area (Å²) in [7, 11) is 1.59. The Morgan fingerprint density at radius 1 is 1.46 bits per heavy atom. The Bertz CT molecular complexity index is 283. The van der Waals surface area contributed by atoms with Crippen LogP contribution in [0.15, 0.2) is 4.52 Å². The molecule has 1 atom stereocenters. The van der Waals surface area contributed by atoms with Gasteiger partial charge in [-0.3, -0.25) is 0 Å². The molecule has 0 aliphatic carbocycles. The number of nitrogens with one attached hydrogen (secondary N) is 1. The predicted molar refractivity (Wildman–Crippen MR) is 36.8 cm³/mol. The molecule has 0 aliphatic heterocycles. The van der Waals surface area contributed by atoms with Crippen LogP contribution in [-0.2, 0) is 6.18 Å². The molecule has 0 spiro atoms. The van der Waals surface area contributed by atoms with Crippen LogP contribution in [0.3, 0.4) is 0 Å². The molecule has 0 bridgehead atoms. The van der Waals surface area contributed by atoms with Gasteiger partial charge in [0.25, 0.3) is 5.82 Å². The topological polar surface area (TPSA) is 51.0 Å². The van der Waals surface area contributed by atoms with Gasteiger partial charge in [-0.05, 0) is 14.0 Å². The van der Waals surface area contributed by atoms with Crippen molar-refractivity contribution in [1.29, 1.82) is 0 Å². The van der Waals surface area contributed by atoms with E-state index in [0.29, 0.717) is 0 Å². The zero-order valence-corrected chi connectivity index (χ0v) is 7.01. The van der Waals surface area contributed by atoms with Gasteiger partial charge in [0.15, 0.2) is 0 Å². The second-order valence-corrected chi connectivity index (χ2v) is 2.46. The molecule has 1 aromatic heterocycles. The highest BCUT2D eigenvalue weighted by Crippen LogP contribution is 2.27. The van der Waals surface area contributed by atoms with Crippen LogP contribution in [0.1, 0.15) is 24.7 Å². The molecule has 7 heteroatoms. The molecule has 0 unspecified atom stereocenters. The van der Waals surface area contributed by atoms with E-state index in [-0.39, 0.29) is 11.9 Å². The maximum atomic E-state index is 12.0. The predicted octanol–water partition coefficient (Wildman–Crippen LogP) is 1.37. The normalized spacial score (nSPS) is 14.5. The summed E-state index contributed by atoms with van der Waals surface area (Å²) in [4.78, 5) is 3.19. The van der Waals surface area contributed by atoms with Gasteiger partial charge < -0.3 is 9.84 Å². The first-order valence-electron chi connectivity index (χ1n) is 3.53. The lowest BCUT2D eigenvalue weighted by atomic mass is 10.3. The van der Waals surface area contributed by atoms with Gasteiger partial charge in [0.1, 0.15) is 0 Å². The molecule has 1 N–H and O–H groups in total. The van der Waals surface area contributed by atoms with E-state index in [2.05, 4.69) is 20.0 Å². The molecule has 74 valence electrons. The molecule has 0 saturated heterocycles. The summed E-state index contributed by atoms with van der Waals surface area (Å²) in [6.45, 7) is 1.62. The van der Waals surface area contributed by atoms with Crippen molar-refractivity contribution in [2.24, 2.45) is 0 Å². The molecule has 0 radical (unpaired) electrons. The number of alkyl halides is 3. The Morgan fingerprint density at radius 3 is 2.46 bits per heavy atom. The van der Waals surface area contributed by atoms with Crippen LogP contribution in [0.5, 0.6) is 0 Å². The van der Waals surface area contributed by atoms with Gasteiger partial charge in [-0.15, -0.1) is 0 Å². The van der Waals surface area contributed by atoms with Gasteiger partial charge in [-0.2, -0.15) is 18.2 Å². The summed E-state index contributed by atoms with van der Waals surface area (Å²) in [5.74, 6) is -1.32. The number of nitrogens with zero attached hydrogens (tertiary/aromatic N) is 2. The highest BCUT2D eigenvalue weighted by atomic mass is 19.4. The van der Waals surface area contributed by atoms with Crippen LogP contribution in [0.2, 0.25) is 0 Å². The molecule has 1 heterocycles. The van der Waals surface area contributed by atoms with E-state index in [9.17, 15) is 13.2 Å². The molecule has 0 aliphatic rings. The Morgan fingerprint density at radius 2 is 2.08 bits per heavy atom. The maximum Gasteiger partial charge on any atom is 0.455 e. The fourth-order valence-electron chi connectivity index (χ4n) is 0.650. The van der Waals surface area contributed by atoms with Crippen molar-refractivity contribution in [2.45, 2.75) is 19.1 Å². The third kappa shape index (κ3) is 2.18. The first kappa shape index (κ1) is 9.97. The molecule has 0 amide bonds. The van der Waals surface area contributed by atoms with Crippen LogP contribution >= 0.6 is 0 Å². The zero-order valence-electron chi connectivity index (χ0n) is 7.01. The number of aromatic nitrogens is 2. The van der Waals surface area contributed by atoms with Gasteiger partial charge in [0.2, 0.25) is 5.89 Å². The Labute approximate surface area is 72.1 Å². The Kier molecular flexibility index (Phi) is 2.55. The second kappa shape index (κ2) is 3.33. The minimum atomic E-state index is -4.55. The minimum Gasteiger partial charge on any atom is -0.337 e. The third-order valence-corrected chi connectivity index (χ3v) is 1.50. The molecule has 4 nitrogen and oxygen atoms in total. The van der Waals surface area contributed by atoms with Crippen molar-refractivity contribution >= 4 is 0 Å². The summed E-state index contributed by atoms with van der Waals surface area (Å²) in [6.07, 6.45) is -4.55. The van der Waals surface area contributed by atoms with Crippen LogP contribution in [-0.4, -0.2) is 17.2 Å². The van der Waals surface area contributed by atoms with Gasteiger partial charge >= 0.3 is 6.18 Å². The van der Waals surface area contributed by atoms with Crippen LogP contribution in [0.25, 0.3) is 0 Å². The summed E-state index contributed by atoms with van der Waals surface area (Å²) >= 11 is 0. The standard InChI is InChI=1S/C6H8F3N3O/c1-3(10-2)4-11-5(12-13-4)6(7,8)9/h3,10H,1-2H3/t3-/m1/s1. The van der Waals surface area contributed by atoms with E-state index in [1.807, 2.05) is 0 Å². The molecular formula is C6H8F3N3O. The molecule has 1 aromatic rings. The van der Waals surface area contributed by atoms with Crippen LogP contribution in [0.4, 0.5) is 13.2 Å². The van der Waals surface area contributed by atoms with E-state index in [1.165, 1.54) is 0 Å². The van der Waals surface area contributed by atoms with Gasteiger partial charge in [-0.25, -0.2) is 0 Å². The first-order valence-corrected chi connectivity index (χ1v) is 3.53. The monoisotopic (exact) mass is 195 g/mol. The van der Waals surface area contributed by atoms with Crippen molar-refractivity contribution in [2.75, 3.05) is 7.05 Å². The van der Waals surface area contributed by atoms with E-state index in [0.717, 1.165) is 0 Å². The SMILES string of the molecule is CN[C@H](C)c1nc(C(F)(F)F)no1. The summed E-state index contributed by atoms with van der Waals surface area (Å²) in [5, 5.41) is 5.49. The largest absolute Gasteiger partial charge is 0.455 e. The number of halogens is 3. The molecule has 13 heavy (non-hydrogen) atoms. The van der Waals surface area contributed by atoms with Gasteiger partial charge in [-0.1, -0.05) is 5.16 Å². The summed E-state index contributed by atoms with van der Waals surface area (Å²) < 4.78 is 40.3. The molecular weight excluding hydrogens is 187 g/mol. The van der Waals surface area contributed by atoms with E-state index >= 15 is 0 Å². The molecule has 0 saturated carbocycles. The fourth-order valence-corrected chi connectivity index (χ4v) is 0.650. The van der Waals surface area contributed by atoms with Crippen molar-refractivity contribution < 1.29 is 17.7 Å². The minimum absolute atomic E-state index is 0.0742. The smallest absolute Gasteiger partial charge is 0.337 e. The maximum absolute atomic E-state index is 12.0. The number of hydrogen-bond donors (Lipinski definition) is 1. The van der Waals surface area contributed by atoms with Gasteiger partial charge in [0.05, 0.1) is 6.04 Å². The molecule has 0 fully saturated rings. The lowest BCUT2D eigenvalue weighted by Crippen LogP contribution is -2.13. The Hall–Kier alpha value is -1.11.